The summed E-state index contributed by atoms with van der Waals surface area (Å²) < 4.78 is 24.9. The summed E-state index contributed by atoms with van der Waals surface area (Å²) in [5, 5.41) is 8.48. The second-order valence-electron chi connectivity index (χ2n) is 2.40. The summed E-state index contributed by atoms with van der Waals surface area (Å²) in [5.74, 6) is -2.22. The van der Waals surface area contributed by atoms with Gasteiger partial charge in [-0.2, -0.15) is 0 Å². The minimum atomic E-state index is -1.65. The lowest BCUT2D eigenvalue weighted by molar-refractivity contribution is -0.141. The zero-order chi connectivity index (χ0) is 9.84. The van der Waals surface area contributed by atoms with Gasteiger partial charge in [0.2, 0.25) is 0 Å². The van der Waals surface area contributed by atoms with Crippen molar-refractivity contribution >= 4 is 5.97 Å². The summed E-state index contributed by atoms with van der Waals surface area (Å²) in [7, 11) is 0. The van der Waals surface area contributed by atoms with Crippen LogP contribution in [0.1, 0.15) is 11.6 Å². The zero-order valence-corrected chi connectivity index (χ0v) is 6.50. The van der Waals surface area contributed by atoms with Gasteiger partial charge in [-0.3, -0.25) is 4.79 Å². The minimum Gasteiger partial charge on any atom is -0.480 e. The fourth-order valence-electron chi connectivity index (χ4n) is 0.948. The van der Waals surface area contributed by atoms with Crippen LogP contribution in [0.3, 0.4) is 0 Å². The van der Waals surface area contributed by atoms with Gasteiger partial charge in [-0.15, -0.1) is 10.0 Å². The van der Waals surface area contributed by atoms with E-state index in [-0.39, 0.29) is 5.56 Å². The molecule has 0 saturated carbocycles. The quantitative estimate of drug-likeness (QED) is 0.703. The highest BCUT2D eigenvalue weighted by Crippen LogP contribution is 2.16. The third-order valence-electron chi connectivity index (χ3n) is 1.57. The maximum absolute atomic E-state index is 12.9. The molecule has 0 radical (unpaired) electrons. The molecule has 0 heterocycles. The van der Waals surface area contributed by atoms with Crippen LogP contribution in [0.2, 0.25) is 0 Å². The molecule has 1 unspecified atom stereocenters. The minimum absolute atomic E-state index is 0.225. The van der Waals surface area contributed by atoms with Crippen LogP contribution < -0.4 is 5.54 Å². The first kappa shape index (κ1) is 9.60. The molecule has 1 rings (SSSR count). The van der Waals surface area contributed by atoms with Crippen LogP contribution in [0.15, 0.2) is 24.3 Å². The number of hydrogen-bond acceptors (Lipinski definition) is 2. The molecule has 0 bridgehead atoms. The number of nitrogens with one attached hydrogen (secondary N) is 1. The van der Waals surface area contributed by atoms with E-state index in [0.29, 0.717) is 0 Å². The van der Waals surface area contributed by atoms with E-state index >= 15 is 0 Å². The van der Waals surface area contributed by atoms with E-state index in [1.165, 1.54) is 18.2 Å². The Kier molecular flexibility index (Phi) is 2.92. The highest BCUT2D eigenvalue weighted by molar-refractivity contribution is 5.75. The molecule has 0 aliphatic carbocycles. The van der Waals surface area contributed by atoms with Gasteiger partial charge in [0.15, 0.2) is 6.04 Å². The van der Waals surface area contributed by atoms with Crippen molar-refractivity contribution in [2.24, 2.45) is 0 Å². The van der Waals surface area contributed by atoms with Crippen molar-refractivity contribution in [1.29, 1.82) is 0 Å². The Labute approximate surface area is 72.9 Å². The summed E-state index contributed by atoms with van der Waals surface area (Å²) in [6, 6.07) is 3.46. The van der Waals surface area contributed by atoms with Crippen LogP contribution in [0.4, 0.5) is 8.87 Å². The first-order chi connectivity index (χ1) is 6.16. The highest BCUT2D eigenvalue weighted by atomic mass is 19.2. The molecule has 3 nitrogen and oxygen atoms in total. The molecule has 0 saturated heterocycles. The molecule has 0 aliphatic rings. The summed E-state index contributed by atoms with van der Waals surface area (Å²) in [6.07, 6.45) is 0. The Bertz CT molecular complexity index is 317. The summed E-state index contributed by atoms with van der Waals surface area (Å²) in [5.41, 5.74) is 0.795. The molecule has 5 heteroatoms. The molecule has 13 heavy (non-hydrogen) atoms. The van der Waals surface area contributed by atoms with E-state index in [0.717, 1.165) is 11.6 Å². The van der Waals surface area contributed by atoms with E-state index in [1.807, 2.05) is 0 Å². The van der Waals surface area contributed by atoms with Crippen molar-refractivity contribution in [2.45, 2.75) is 6.04 Å². The number of halogens is 2. The molecule has 0 aromatic heterocycles. The van der Waals surface area contributed by atoms with Crippen molar-refractivity contribution in [1.82, 2.24) is 5.54 Å². The number of aliphatic carboxylic acids is 1. The molecule has 2 N–H and O–H groups in total. The number of benzene rings is 1. The molecule has 1 aromatic carbocycles. The fourth-order valence-corrected chi connectivity index (χ4v) is 0.948. The largest absolute Gasteiger partial charge is 0.480 e. The van der Waals surface area contributed by atoms with Crippen molar-refractivity contribution < 1.29 is 18.8 Å². The molecular formula is C8H7F2NO2. The maximum atomic E-state index is 12.9. The third kappa shape index (κ3) is 2.00. The molecule has 1 aromatic rings. The number of carbonyl (C=O) groups is 1. The molecule has 0 aliphatic heterocycles. The second-order valence-corrected chi connectivity index (χ2v) is 2.40. The molecule has 70 valence electrons. The standard InChI is InChI=1S/C8H7F2NO2/c9-6-4-2-1-3-5(6)7(11-10)8(12)13/h1-4,7,11H,(H,12,13). The molecular weight excluding hydrogens is 180 g/mol. The Morgan fingerprint density at radius 3 is 2.54 bits per heavy atom. The van der Waals surface area contributed by atoms with Gasteiger partial charge in [-0.25, -0.2) is 4.39 Å². The highest BCUT2D eigenvalue weighted by Gasteiger charge is 2.22. The number of carboxylic acid groups (broad SMARTS) is 1. The molecule has 0 spiro atoms. The van der Waals surface area contributed by atoms with Gasteiger partial charge in [0, 0.05) is 5.56 Å². The van der Waals surface area contributed by atoms with Gasteiger partial charge in [-0.05, 0) is 6.07 Å². The number of hydrogen-bond donors (Lipinski definition) is 2. The monoisotopic (exact) mass is 187 g/mol. The predicted molar refractivity (Wildman–Crippen MR) is 41.0 cm³/mol. The first-order valence-electron chi connectivity index (χ1n) is 3.50. The van der Waals surface area contributed by atoms with Crippen LogP contribution >= 0.6 is 0 Å². The Hall–Kier alpha value is -1.49. The maximum Gasteiger partial charge on any atom is 0.328 e. The van der Waals surface area contributed by atoms with Crippen molar-refractivity contribution in [3.8, 4) is 0 Å². The van der Waals surface area contributed by atoms with Gasteiger partial charge in [0.25, 0.3) is 0 Å². The van der Waals surface area contributed by atoms with E-state index in [9.17, 15) is 13.7 Å². The van der Waals surface area contributed by atoms with Crippen LogP contribution in [-0.2, 0) is 4.79 Å². The summed E-state index contributed by atoms with van der Waals surface area (Å²) >= 11 is 0. The fraction of sp³-hybridized carbons (Fsp3) is 0.125. The average Bonchev–Trinajstić information content (AvgIpc) is 2.09. The van der Waals surface area contributed by atoms with E-state index in [1.54, 1.807) is 0 Å². The summed E-state index contributed by atoms with van der Waals surface area (Å²) in [6.45, 7) is 0. The van der Waals surface area contributed by atoms with Crippen molar-refractivity contribution in [3.63, 3.8) is 0 Å². The van der Waals surface area contributed by atoms with Gasteiger partial charge in [0.1, 0.15) is 5.82 Å². The predicted octanol–water partition coefficient (Wildman–Crippen LogP) is 1.43. The molecule has 0 fully saturated rings. The van der Waals surface area contributed by atoms with Crippen molar-refractivity contribution in [3.05, 3.63) is 35.6 Å². The molecule has 1 atom stereocenters. The average molecular weight is 187 g/mol. The second kappa shape index (κ2) is 3.95. The van der Waals surface area contributed by atoms with E-state index in [2.05, 4.69) is 0 Å². The SMILES string of the molecule is O=C(O)C(NF)c1ccccc1F. The lowest BCUT2D eigenvalue weighted by Crippen LogP contribution is -2.23. The Morgan fingerprint density at radius 2 is 2.08 bits per heavy atom. The summed E-state index contributed by atoms with van der Waals surface area (Å²) in [4.78, 5) is 10.4. The van der Waals surface area contributed by atoms with Crippen LogP contribution in [0.5, 0.6) is 0 Å². The van der Waals surface area contributed by atoms with Crippen molar-refractivity contribution in [2.75, 3.05) is 0 Å². The van der Waals surface area contributed by atoms with Crippen LogP contribution in [-0.4, -0.2) is 11.1 Å². The lowest BCUT2D eigenvalue weighted by Gasteiger charge is -2.08. The topological polar surface area (TPSA) is 49.3 Å². The molecule has 0 amide bonds. The first-order valence-corrected chi connectivity index (χ1v) is 3.50. The number of rotatable bonds is 3. The normalized spacial score (nSPS) is 12.5. The Morgan fingerprint density at radius 1 is 1.46 bits per heavy atom. The van der Waals surface area contributed by atoms with Gasteiger partial charge >= 0.3 is 5.97 Å². The van der Waals surface area contributed by atoms with Gasteiger partial charge < -0.3 is 5.11 Å². The van der Waals surface area contributed by atoms with E-state index in [4.69, 9.17) is 5.11 Å². The lowest BCUT2D eigenvalue weighted by atomic mass is 10.1. The van der Waals surface area contributed by atoms with Gasteiger partial charge in [0.05, 0.1) is 0 Å². The Balaban J connectivity index is 3.04. The van der Waals surface area contributed by atoms with E-state index < -0.39 is 17.8 Å². The zero-order valence-electron chi connectivity index (χ0n) is 6.50. The smallest absolute Gasteiger partial charge is 0.328 e. The third-order valence-corrected chi connectivity index (χ3v) is 1.57. The van der Waals surface area contributed by atoms with Crippen LogP contribution in [0.25, 0.3) is 0 Å². The van der Waals surface area contributed by atoms with Gasteiger partial charge in [-0.1, -0.05) is 18.2 Å². The van der Waals surface area contributed by atoms with Crippen LogP contribution in [0, 0.1) is 5.82 Å². The number of carboxylic acids is 1.